The quantitative estimate of drug-likeness (QED) is 0.505. The summed E-state index contributed by atoms with van der Waals surface area (Å²) in [5, 5.41) is 2.62. The first-order valence-electron chi connectivity index (χ1n) is 5.91. The van der Waals surface area contributed by atoms with Crippen LogP contribution < -0.4 is 10.1 Å². The molecule has 1 amide bonds. The lowest BCUT2D eigenvalue weighted by Gasteiger charge is -2.19. The summed E-state index contributed by atoms with van der Waals surface area (Å²) in [7, 11) is 0. The number of rotatable bonds is 3. The Labute approximate surface area is 137 Å². The van der Waals surface area contributed by atoms with E-state index in [9.17, 15) is 9.59 Å². The summed E-state index contributed by atoms with van der Waals surface area (Å²) in [6, 6.07) is 2.85. The van der Waals surface area contributed by atoms with Crippen LogP contribution in [0.3, 0.4) is 0 Å². The van der Waals surface area contributed by atoms with Crippen molar-refractivity contribution in [1.29, 1.82) is 0 Å². The fraction of sp³-hybridized carbons (Fsp3) is 0.385. The van der Waals surface area contributed by atoms with Crippen molar-refractivity contribution in [2.24, 2.45) is 0 Å². The summed E-state index contributed by atoms with van der Waals surface area (Å²) in [6.45, 7) is 4.76. The number of carbonyl (C=O) groups excluding carboxylic acids is 2. The molecule has 0 aliphatic rings. The summed E-state index contributed by atoms with van der Waals surface area (Å²) < 4.78 is 9.95. The Morgan fingerprint density at radius 3 is 2.33 bits per heavy atom. The van der Waals surface area contributed by atoms with Crippen LogP contribution in [-0.2, 0) is 9.53 Å². The summed E-state index contributed by atoms with van der Waals surface area (Å²) in [6.07, 6.45) is -0.723. The van der Waals surface area contributed by atoms with E-state index < -0.39 is 17.7 Å². The van der Waals surface area contributed by atoms with Crippen LogP contribution >= 0.6 is 34.8 Å². The summed E-state index contributed by atoms with van der Waals surface area (Å²) >= 11 is 17.5. The van der Waals surface area contributed by atoms with Crippen LogP contribution in [0.1, 0.15) is 20.8 Å². The number of esters is 1. The van der Waals surface area contributed by atoms with E-state index >= 15 is 0 Å². The Balaban J connectivity index is 2.55. The summed E-state index contributed by atoms with van der Waals surface area (Å²) in [5.41, 5.74) is -0.652. The second-order valence-corrected chi connectivity index (χ2v) is 6.17. The standard InChI is InChI=1S/C13H14Cl3NO4/c1-13(2,3)21-12(19)17-6-9(18)20-8-5-4-7(14)10(15)11(8)16/h4-5H,6H2,1-3H3,(H,17,19). The minimum Gasteiger partial charge on any atom is -0.444 e. The molecule has 21 heavy (non-hydrogen) atoms. The van der Waals surface area contributed by atoms with Gasteiger partial charge in [0, 0.05) is 0 Å². The van der Waals surface area contributed by atoms with E-state index in [0.717, 1.165) is 0 Å². The van der Waals surface area contributed by atoms with Crippen LogP contribution in [-0.4, -0.2) is 24.2 Å². The lowest BCUT2D eigenvalue weighted by atomic mass is 10.2. The molecule has 1 rings (SSSR count). The highest BCUT2D eigenvalue weighted by molar-refractivity contribution is 6.48. The molecule has 0 aliphatic heterocycles. The molecule has 116 valence electrons. The van der Waals surface area contributed by atoms with Gasteiger partial charge in [-0.05, 0) is 32.9 Å². The lowest BCUT2D eigenvalue weighted by molar-refractivity contribution is -0.133. The maximum atomic E-state index is 11.6. The number of halogens is 3. The van der Waals surface area contributed by atoms with Gasteiger partial charge < -0.3 is 14.8 Å². The summed E-state index contributed by atoms with van der Waals surface area (Å²) in [4.78, 5) is 23.0. The van der Waals surface area contributed by atoms with Gasteiger partial charge >= 0.3 is 12.1 Å². The Morgan fingerprint density at radius 1 is 1.14 bits per heavy atom. The van der Waals surface area contributed by atoms with Crippen molar-refractivity contribution < 1.29 is 19.1 Å². The number of nitrogens with one attached hydrogen (secondary N) is 1. The predicted octanol–water partition coefficient (Wildman–Crippen LogP) is 4.08. The molecule has 1 aromatic rings. The topological polar surface area (TPSA) is 64.6 Å². The van der Waals surface area contributed by atoms with E-state index in [1.54, 1.807) is 20.8 Å². The van der Waals surface area contributed by atoms with E-state index in [1.165, 1.54) is 12.1 Å². The molecule has 0 radical (unpaired) electrons. The number of benzene rings is 1. The Bertz CT molecular complexity index is 555. The van der Waals surface area contributed by atoms with Crippen LogP contribution in [0.2, 0.25) is 15.1 Å². The first kappa shape index (κ1) is 17.9. The molecule has 1 aromatic carbocycles. The first-order chi connectivity index (χ1) is 9.60. The molecule has 8 heteroatoms. The van der Waals surface area contributed by atoms with Crippen LogP contribution in [0.15, 0.2) is 12.1 Å². The molecule has 0 fully saturated rings. The number of ether oxygens (including phenoxy) is 2. The summed E-state index contributed by atoms with van der Waals surface area (Å²) in [5.74, 6) is -0.664. The van der Waals surface area contributed by atoms with Gasteiger partial charge in [-0.2, -0.15) is 0 Å². The maximum Gasteiger partial charge on any atom is 0.408 e. The molecule has 0 saturated carbocycles. The molecule has 0 aromatic heterocycles. The molecule has 0 saturated heterocycles. The van der Waals surface area contributed by atoms with Crippen molar-refractivity contribution in [3.63, 3.8) is 0 Å². The third-order valence-electron chi connectivity index (χ3n) is 2.00. The molecule has 0 spiro atoms. The third-order valence-corrected chi connectivity index (χ3v) is 3.28. The number of hydrogen-bond donors (Lipinski definition) is 1. The molecule has 5 nitrogen and oxygen atoms in total. The Hall–Kier alpha value is -1.17. The zero-order valence-corrected chi connectivity index (χ0v) is 13.9. The average Bonchev–Trinajstić information content (AvgIpc) is 2.35. The van der Waals surface area contributed by atoms with Crippen molar-refractivity contribution >= 4 is 46.9 Å². The molecule has 0 heterocycles. The van der Waals surface area contributed by atoms with Gasteiger partial charge in [0.1, 0.15) is 17.2 Å². The van der Waals surface area contributed by atoms with Gasteiger partial charge in [-0.1, -0.05) is 34.8 Å². The highest BCUT2D eigenvalue weighted by atomic mass is 35.5. The highest BCUT2D eigenvalue weighted by Gasteiger charge is 2.18. The largest absolute Gasteiger partial charge is 0.444 e. The van der Waals surface area contributed by atoms with Gasteiger partial charge in [-0.25, -0.2) is 9.59 Å². The molecular weight excluding hydrogens is 341 g/mol. The van der Waals surface area contributed by atoms with E-state index in [2.05, 4.69) is 5.32 Å². The van der Waals surface area contributed by atoms with Gasteiger partial charge in [0.15, 0.2) is 5.75 Å². The average molecular weight is 355 g/mol. The van der Waals surface area contributed by atoms with Gasteiger partial charge in [0.2, 0.25) is 0 Å². The molecular formula is C13H14Cl3NO4. The van der Waals surface area contributed by atoms with Crippen LogP contribution in [0.5, 0.6) is 5.75 Å². The normalized spacial score (nSPS) is 11.0. The Kier molecular flexibility index (Phi) is 6.13. The zero-order valence-electron chi connectivity index (χ0n) is 11.6. The van der Waals surface area contributed by atoms with Crippen LogP contribution in [0.25, 0.3) is 0 Å². The van der Waals surface area contributed by atoms with Gasteiger partial charge in [-0.15, -0.1) is 0 Å². The molecule has 1 N–H and O–H groups in total. The molecule has 0 unspecified atom stereocenters. The lowest BCUT2D eigenvalue weighted by Crippen LogP contribution is -2.36. The van der Waals surface area contributed by atoms with E-state index in [-0.39, 0.29) is 27.4 Å². The Morgan fingerprint density at radius 2 is 1.76 bits per heavy atom. The fourth-order valence-corrected chi connectivity index (χ4v) is 1.77. The van der Waals surface area contributed by atoms with Crippen molar-refractivity contribution in [2.45, 2.75) is 26.4 Å². The second kappa shape index (κ2) is 7.20. The monoisotopic (exact) mass is 353 g/mol. The van der Waals surface area contributed by atoms with Gasteiger partial charge in [0.05, 0.1) is 10.0 Å². The first-order valence-corrected chi connectivity index (χ1v) is 7.04. The molecule has 0 bridgehead atoms. The van der Waals surface area contributed by atoms with Crippen LogP contribution in [0, 0.1) is 0 Å². The minimum absolute atomic E-state index is 0.0229. The molecule has 0 atom stereocenters. The van der Waals surface area contributed by atoms with Gasteiger partial charge in [-0.3, -0.25) is 0 Å². The number of amides is 1. The fourth-order valence-electron chi connectivity index (χ4n) is 1.20. The highest BCUT2D eigenvalue weighted by Crippen LogP contribution is 2.37. The van der Waals surface area contributed by atoms with Gasteiger partial charge in [0.25, 0.3) is 0 Å². The van der Waals surface area contributed by atoms with E-state index in [1.807, 2.05) is 0 Å². The maximum absolute atomic E-state index is 11.6. The number of alkyl carbamates (subject to hydrolysis) is 1. The van der Waals surface area contributed by atoms with Crippen molar-refractivity contribution in [3.05, 3.63) is 27.2 Å². The number of carbonyl (C=O) groups is 2. The van der Waals surface area contributed by atoms with Crippen molar-refractivity contribution in [2.75, 3.05) is 6.54 Å². The minimum atomic E-state index is -0.723. The SMILES string of the molecule is CC(C)(C)OC(=O)NCC(=O)Oc1ccc(Cl)c(Cl)c1Cl. The predicted molar refractivity (Wildman–Crippen MR) is 81.3 cm³/mol. The van der Waals surface area contributed by atoms with Crippen molar-refractivity contribution in [1.82, 2.24) is 5.32 Å². The second-order valence-electron chi connectivity index (χ2n) is 5.00. The number of hydrogen-bond acceptors (Lipinski definition) is 4. The third kappa shape index (κ3) is 5.99. The van der Waals surface area contributed by atoms with Crippen molar-refractivity contribution in [3.8, 4) is 5.75 Å². The molecule has 0 aliphatic carbocycles. The van der Waals surface area contributed by atoms with Crippen LogP contribution in [0.4, 0.5) is 4.79 Å². The smallest absolute Gasteiger partial charge is 0.408 e. The van der Waals surface area contributed by atoms with E-state index in [4.69, 9.17) is 44.3 Å². The zero-order chi connectivity index (χ0) is 16.2. The van der Waals surface area contributed by atoms with E-state index in [0.29, 0.717) is 0 Å².